The minimum absolute atomic E-state index is 0.00941. The van der Waals surface area contributed by atoms with Crippen molar-refractivity contribution in [1.29, 1.82) is 0 Å². The van der Waals surface area contributed by atoms with Gasteiger partial charge in [-0.2, -0.15) is 0 Å². The van der Waals surface area contributed by atoms with Crippen LogP contribution in [0.25, 0.3) is 0 Å². The van der Waals surface area contributed by atoms with E-state index in [1.54, 1.807) is 0 Å². The summed E-state index contributed by atoms with van der Waals surface area (Å²) >= 11 is 0. The molecule has 0 bridgehead atoms. The molecule has 0 amide bonds. The zero-order valence-electron chi connectivity index (χ0n) is 40.6. The van der Waals surface area contributed by atoms with E-state index in [1.165, 1.54) is 103 Å². The first-order valence-electron chi connectivity index (χ1n) is 25.2. The summed E-state index contributed by atoms with van der Waals surface area (Å²) in [4.78, 5) is 37.2. The fourth-order valence-electron chi connectivity index (χ4n) is 6.67. The van der Waals surface area contributed by atoms with Gasteiger partial charge >= 0.3 is 19.8 Å². The Morgan fingerprint density at radius 2 is 0.841 bits per heavy atom. The van der Waals surface area contributed by atoms with Crippen LogP contribution in [0.5, 0.6) is 0 Å². The summed E-state index contributed by atoms with van der Waals surface area (Å²) in [6.45, 7) is 4.23. The van der Waals surface area contributed by atoms with Gasteiger partial charge < -0.3 is 19.3 Å². The van der Waals surface area contributed by atoms with Crippen LogP contribution in [0, 0.1) is 47.4 Å². The molecule has 2 unspecified atom stereocenters. The number of rotatable bonds is 42. The van der Waals surface area contributed by atoms with Gasteiger partial charge in [0, 0.05) is 45.1 Å². The molecule has 0 aromatic carbocycles. The average Bonchev–Trinajstić information content (AvgIpc) is 3.25. The number of esters is 2. The van der Waals surface area contributed by atoms with Crippen LogP contribution in [0.2, 0.25) is 0 Å². The monoisotopic (exact) mass is 900 g/mol. The third-order valence-corrected chi connectivity index (χ3v) is 11.6. The summed E-state index contributed by atoms with van der Waals surface area (Å²) in [6, 6.07) is 0. The van der Waals surface area contributed by atoms with Gasteiger partial charge in [-0.25, -0.2) is 4.57 Å². The number of ether oxygens (including phenoxy) is 2. The summed E-state index contributed by atoms with van der Waals surface area (Å²) in [6.07, 6.45) is 35.6. The van der Waals surface area contributed by atoms with E-state index in [2.05, 4.69) is 61.2 Å². The molecule has 0 fully saturated rings. The molecule has 0 saturated heterocycles. The van der Waals surface area contributed by atoms with Crippen molar-refractivity contribution < 1.29 is 37.6 Å². The van der Waals surface area contributed by atoms with Crippen molar-refractivity contribution in [3.05, 3.63) is 0 Å². The lowest BCUT2D eigenvalue weighted by atomic mass is 10.1. The third-order valence-electron chi connectivity index (χ3n) is 10.6. The van der Waals surface area contributed by atoms with Gasteiger partial charge in [0.15, 0.2) is 6.10 Å². The van der Waals surface area contributed by atoms with Gasteiger partial charge in [0.2, 0.25) is 0 Å². The number of carbonyl (C=O) groups is 2. The molecule has 9 nitrogen and oxygen atoms in total. The van der Waals surface area contributed by atoms with E-state index in [9.17, 15) is 19.0 Å². The number of likely N-dealkylation sites (N-methyl/N-ethyl adjacent to an activating group) is 1. The van der Waals surface area contributed by atoms with Crippen LogP contribution in [0.3, 0.4) is 0 Å². The Bertz CT molecular complexity index is 1400. The Morgan fingerprint density at radius 1 is 0.492 bits per heavy atom. The first-order valence-corrected chi connectivity index (χ1v) is 26.7. The third kappa shape index (κ3) is 48.5. The number of nitrogens with zero attached hydrogens (tertiary/aromatic N) is 1. The molecule has 0 aliphatic rings. The molecule has 0 aliphatic heterocycles. The lowest BCUT2D eigenvalue weighted by Crippen LogP contribution is -2.29. The van der Waals surface area contributed by atoms with Crippen LogP contribution in [0.1, 0.15) is 232 Å². The van der Waals surface area contributed by atoms with Crippen molar-refractivity contribution in [2.45, 2.75) is 238 Å². The molecule has 0 aliphatic carbocycles. The van der Waals surface area contributed by atoms with E-state index in [-0.39, 0.29) is 26.1 Å². The Morgan fingerprint density at radius 3 is 1.22 bits per heavy atom. The Kier molecular flexibility index (Phi) is 45.2. The standard InChI is InChI=1S/C53H90NO8P/c1-5-7-9-11-13-15-17-19-21-23-25-27-29-31-33-35-37-39-41-43-45-52(55)59-49-51(50-61-63(57,58)60-48-47-54(3)4)62-53(56)46-44-42-40-38-36-34-32-30-28-26-24-22-20-18-16-14-12-10-8-6-2/h51H,5-22,31-50H2,1-4H3,(H,57,58). The first-order chi connectivity index (χ1) is 30.7. The maximum absolute atomic E-state index is 12.7. The summed E-state index contributed by atoms with van der Waals surface area (Å²) in [5.74, 6) is 23.8. The highest BCUT2D eigenvalue weighted by molar-refractivity contribution is 7.47. The molecule has 63 heavy (non-hydrogen) atoms. The number of hydrogen-bond acceptors (Lipinski definition) is 8. The van der Waals surface area contributed by atoms with Gasteiger partial charge in [-0.05, 0) is 76.3 Å². The predicted molar refractivity (Wildman–Crippen MR) is 261 cm³/mol. The van der Waals surface area contributed by atoms with E-state index in [0.29, 0.717) is 19.4 Å². The lowest BCUT2D eigenvalue weighted by molar-refractivity contribution is -0.161. The number of hydrogen-bond donors (Lipinski definition) is 1. The first kappa shape index (κ1) is 60.2. The van der Waals surface area contributed by atoms with Crippen molar-refractivity contribution >= 4 is 19.8 Å². The number of carbonyl (C=O) groups excluding carboxylic acids is 2. The molecule has 0 aromatic heterocycles. The van der Waals surface area contributed by atoms with Crippen molar-refractivity contribution in [2.24, 2.45) is 0 Å². The van der Waals surface area contributed by atoms with Gasteiger partial charge in [-0.1, -0.05) is 179 Å². The van der Waals surface area contributed by atoms with Crippen LogP contribution < -0.4 is 0 Å². The number of phosphoric acid groups is 1. The molecule has 0 rings (SSSR count). The molecule has 0 aromatic rings. The normalized spacial score (nSPS) is 12.1. The summed E-state index contributed by atoms with van der Waals surface area (Å²) in [7, 11) is -0.756. The second-order valence-electron chi connectivity index (χ2n) is 17.1. The number of phosphoric ester groups is 1. The fourth-order valence-corrected chi connectivity index (χ4v) is 7.41. The molecule has 0 spiro atoms. The molecule has 1 N–H and O–H groups in total. The molecule has 10 heteroatoms. The van der Waals surface area contributed by atoms with Crippen molar-refractivity contribution in [1.82, 2.24) is 4.90 Å². The quantitative estimate of drug-likeness (QED) is 0.0277. The van der Waals surface area contributed by atoms with E-state index >= 15 is 0 Å². The van der Waals surface area contributed by atoms with E-state index in [1.807, 2.05) is 19.0 Å². The van der Waals surface area contributed by atoms with Crippen molar-refractivity contribution in [2.75, 3.05) is 40.5 Å². The van der Waals surface area contributed by atoms with Crippen LogP contribution in [-0.2, 0) is 32.7 Å². The molecular weight excluding hydrogens is 810 g/mol. The molecule has 0 radical (unpaired) electrons. The maximum Gasteiger partial charge on any atom is 0.472 e. The molecule has 0 heterocycles. The highest BCUT2D eigenvalue weighted by atomic mass is 31.2. The zero-order chi connectivity index (χ0) is 46.2. The molecular formula is C53H90NO8P. The topological polar surface area (TPSA) is 112 Å². The fraction of sp³-hybridized carbons (Fsp3) is 0.811. The van der Waals surface area contributed by atoms with Gasteiger partial charge in [0.1, 0.15) is 6.61 Å². The SMILES string of the molecule is CCCCCCCCCCC#CC#CCCCCCCCCC(=O)OCC(COP(=O)(O)OCCN(C)C)OC(=O)CCCCCCCCC#CC#CCCCCCCCCCC. The minimum Gasteiger partial charge on any atom is -0.462 e. The van der Waals surface area contributed by atoms with Crippen LogP contribution in [-0.4, -0.2) is 68.3 Å². The van der Waals surface area contributed by atoms with Crippen LogP contribution in [0.15, 0.2) is 0 Å². The van der Waals surface area contributed by atoms with Gasteiger partial charge in [0.05, 0.1) is 13.2 Å². The zero-order valence-corrected chi connectivity index (χ0v) is 41.5. The minimum atomic E-state index is -4.39. The van der Waals surface area contributed by atoms with Gasteiger partial charge in [-0.15, -0.1) is 0 Å². The van der Waals surface area contributed by atoms with Crippen LogP contribution >= 0.6 is 7.82 Å². The van der Waals surface area contributed by atoms with Gasteiger partial charge in [-0.3, -0.25) is 18.6 Å². The summed E-state index contributed by atoms with van der Waals surface area (Å²) in [5, 5.41) is 0. The Hall–Kier alpha value is -2.75. The Labute approximate surface area is 387 Å². The highest BCUT2D eigenvalue weighted by Gasteiger charge is 2.26. The molecule has 0 saturated carbocycles. The highest BCUT2D eigenvalue weighted by Crippen LogP contribution is 2.43. The summed E-state index contributed by atoms with van der Waals surface area (Å²) < 4.78 is 33.5. The van der Waals surface area contributed by atoms with Gasteiger partial charge in [0.25, 0.3) is 0 Å². The average molecular weight is 900 g/mol. The molecule has 360 valence electrons. The van der Waals surface area contributed by atoms with E-state index < -0.39 is 32.5 Å². The van der Waals surface area contributed by atoms with E-state index in [4.69, 9.17) is 18.5 Å². The van der Waals surface area contributed by atoms with Crippen molar-refractivity contribution in [3.8, 4) is 47.4 Å². The van der Waals surface area contributed by atoms with Crippen LogP contribution in [0.4, 0.5) is 0 Å². The summed E-state index contributed by atoms with van der Waals surface area (Å²) in [5.41, 5.74) is 0. The number of unbranched alkanes of at least 4 members (excludes halogenated alkanes) is 28. The van der Waals surface area contributed by atoms with Crippen molar-refractivity contribution in [3.63, 3.8) is 0 Å². The Balaban J connectivity index is 4.29. The smallest absolute Gasteiger partial charge is 0.462 e. The second-order valence-corrected chi connectivity index (χ2v) is 18.5. The largest absolute Gasteiger partial charge is 0.472 e. The predicted octanol–water partition coefficient (Wildman–Crippen LogP) is 13.5. The lowest BCUT2D eigenvalue weighted by Gasteiger charge is -2.20. The second kappa shape index (κ2) is 47.2. The van der Waals surface area contributed by atoms with E-state index in [0.717, 1.165) is 89.9 Å². The maximum atomic E-state index is 12.7. The molecule has 2 atom stereocenters.